The summed E-state index contributed by atoms with van der Waals surface area (Å²) in [5.41, 5.74) is 6.63. The Morgan fingerprint density at radius 1 is 1.48 bits per heavy atom. The van der Waals surface area contributed by atoms with Gasteiger partial charge in [0.1, 0.15) is 5.82 Å². The number of piperidine rings is 1. The van der Waals surface area contributed by atoms with E-state index in [9.17, 15) is 9.18 Å². The molecular formula is C16H24FN3O. The van der Waals surface area contributed by atoms with E-state index in [1.54, 1.807) is 6.07 Å². The van der Waals surface area contributed by atoms with Gasteiger partial charge in [0.25, 0.3) is 0 Å². The molecule has 5 heteroatoms. The monoisotopic (exact) mass is 293 g/mol. The first kappa shape index (κ1) is 15.8. The van der Waals surface area contributed by atoms with E-state index in [4.69, 9.17) is 5.73 Å². The van der Waals surface area contributed by atoms with Crippen molar-refractivity contribution in [2.75, 3.05) is 18.0 Å². The second kappa shape index (κ2) is 6.89. The van der Waals surface area contributed by atoms with Gasteiger partial charge in [-0.3, -0.25) is 4.79 Å². The fourth-order valence-electron chi connectivity index (χ4n) is 2.57. The maximum absolute atomic E-state index is 13.3. The molecule has 116 valence electrons. The molecule has 0 spiro atoms. The SMILES string of the molecule is CC(N)C(C)C(=O)NC1CCCN(c2cccc(F)c2)C1. The van der Waals surface area contributed by atoms with E-state index in [1.807, 2.05) is 19.9 Å². The smallest absolute Gasteiger partial charge is 0.224 e. The van der Waals surface area contributed by atoms with Crippen molar-refractivity contribution >= 4 is 11.6 Å². The van der Waals surface area contributed by atoms with Crippen LogP contribution >= 0.6 is 0 Å². The number of benzene rings is 1. The molecule has 3 N–H and O–H groups in total. The third-order valence-electron chi connectivity index (χ3n) is 4.14. The van der Waals surface area contributed by atoms with Crippen LogP contribution < -0.4 is 16.0 Å². The van der Waals surface area contributed by atoms with E-state index in [-0.39, 0.29) is 29.7 Å². The number of hydrogen-bond donors (Lipinski definition) is 2. The van der Waals surface area contributed by atoms with Gasteiger partial charge in [0, 0.05) is 36.8 Å². The van der Waals surface area contributed by atoms with Crippen molar-refractivity contribution in [3.05, 3.63) is 30.1 Å². The molecule has 0 radical (unpaired) electrons. The molecule has 1 amide bonds. The summed E-state index contributed by atoms with van der Waals surface area (Å²) in [6, 6.07) is 6.53. The minimum absolute atomic E-state index is 0.00362. The Labute approximate surface area is 125 Å². The Hall–Kier alpha value is -1.62. The molecule has 1 saturated heterocycles. The van der Waals surface area contributed by atoms with Crippen LogP contribution in [0, 0.1) is 11.7 Å². The molecule has 3 atom stereocenters. The summed E-state index contributed by atoms with van der Waals surface area (Å²) in [5.74, 6) is -0.435. The second-order valence-electron chi connectivity index (χ2n) is 5.92. The molecule has 0 bridgehead atoms. The molecule has 21 heavy (non-hydrogen) atoms. The zero-order valence-corrected chi connectivity index (χ0v) is 12.7. The third kappa shape index (κ3) is 4.17. The van der Waals surface area contributed by atoms with Gasteiger partial charge in [-0.05, 0) is 38.0 Å². The molecule has 1 aromatic carbocycles. The summed E-state index contributed by atoms with van der Waals surface area (Å²) < 4.78 is 13.3. The Morgan fingerprint density at radius 2 is 2.24 bits per heavy atom. The lowest BCUT2D eigenvalue weighted by molar-refractivity contribution is -0.125. The van der Waals surface area contributed by atoms with E-state index in [1.165, 1.54) is 12.1 Å². The Morgan fingerprint density at radius 3 is 2.90 bits per heavy atom. The number of rotatable bonds is 4. The van der Waals surface area contributed by atoms with Crippen molar-refractivity contribution in [2.45, 2.75) is 38.8 Å². The van der Waals surface area contributed by atoms with Crippen LogP contribution in [0.3, 0.4) is 0 Å². The zero-order chi connectivity index (χ0) is 15.4. The van der Waals surface area contributed by atoms with Crippen molar-refractivity contribution in [2.24, 2.45) is 11.7 Å². The number of nitrogens with zero attached hydrogens (tertiary/aromatic N) is 1. The largest absolute Gasteiger partial charge is 0.369 e. The lowest BCUT2D eigenvalue weighted by atomic mass is 10.0. The van der Waals surface area contributed by atoms with Gasteiger partial charge < -0.3 is 16.0 Å². The van der Waals surface area contributed by atoms with Crippen LogP contribution in [0.2, 0.25) is 0 Å². The lowest BCUT2D eigenvalue weighted by Crippen LogP contribution is -2.50. The van der Waals surface area contributed by atoms with Gasteiger partial charge in [-0.1, -0.05) is 13.0 Å². The van der Waals surface area contributed by atoms with Gasteiger partial charge in [-0.2, -0.15) is 0 Å². The van der Waals surface area contributed by atoms with Crippen molar-refractivity contribution < 1.29 is 9.18 Å². The van der Waals surface area contributed by atoms with Crippen LogP contribution in [0.4, 0.5) is 10.1 Å². The maximum atomic E-state index is 13.3. The Balaban J connectivity index is 1.96. The van der Waals surface area contributed by atoms with Gasteiger partial charge in [-0.25, -0.2) is 4.39 Å². The summed E-state index contributed by atoms with van der Waals surface area (Å²) in [7, 11) is 0. The van der Waals surface area contributed by atoms with Crippen LogP contribution in [0.1, 0.15) is 26.7 Å². The number of anilines is 1. The quantitative estimate of drug-likeness (QED) is 0.891. The number of hydrogen-bond acceptors (Lipinski definition) is 3. The molecule has 0 saturated carbocycles. The first-order valence-corrected chi connectivity index (χ1v) is 7.54. The molecule has 3 unspecified atom stereocenters. The minimum atomic E-state index is -0.232. The van der Waals surface area contributed by atoms with Crippen molar-refractivity contribution in [3.8, 4) is 0 Å². The molecule has 2 rings (SSSR count). The van der Waals surface area contributed by atoms with Crippen LogP contribution in [0.15, 0.2) is 24.3 Å². The highest BCUT2D eigenvalue weighted by atomic mass is 19.1. The summed E-state index contributed by atoms with van der Waals surface area (Å²) in [4.78, 5) is 14.2. The van der Waals surface area contributed by atoms with Gasteiger partial charge in [-0.15, -0.1) is 0 Å². The van der Waals surface area contributed by atoms with E-state index in [2.05, 4.69) is 10.2 Å². The topological polar surface area (TPSA) is 58.4 Å². The Kier molecular flexibility index (Phi) is 5.17. The highest BCUT2D eigenvalue weighted by Gasteiger charge is 2.25. The molecule has 1 aliphatic heterocycles. The van der Waals surface area contributed by atoms with Crippen LogP contribution in [0.25, 0.3) is 0 Å². The minimum Gasteiger partial charge on any atom is -0.369 e. The molecule has 1 aromatic rings. The summed E-state index contributed by atoms with van der Waals surface area (Å²) in [6.07, 6.45) is 1.93. The Bertz CT molecular complexity index is 492. The van der Waals surface area contributed by atoms with Gasteiger partial charge in [0.2, 0.25) is 5.91 Å². The lowest BCUT2D eigenvalue weighted by Gasteiger charge is -2.35. The zero-order valence-electron chi connectivity index (χ0n) is 12.7. The molecule has 0 aromatic heterocycles. The van der Waals surface area contributed by atoms with Gasteiger partial charge in [0.05, 0.1) is 0 Å². The maximum Gasteiger partial charge on any atom is 0.224 e. The van der Waals surface area contributed by atoms with Crippen LogP contribution in [-0.2, 0) is 4.79 Å². The molecule has 1 heterocycles. The van der Waals surface area contributed by atoms with Gasteiger partial charge in [0.15, 0.2) is 0 Å². The average molecular weight is 293 g/mol. The average Bonchev–Trinajstić information content (AvgIpc) is 2.46. The number of nitrogens with two attached hydrogens (primary N) is 1. The molecule has 1 fully saturated rings. The predicted octanol–water partition coefficient (Wildman–Crippen LogP) is 1.89. The molecular weight excluding hydrogens is 269 g/mol. The number of amides is 1. The fourth-order valence-corrected chi connectivity index (χ4v) is 2.57. The van der Waals surface area contributed by atoms with Crippen molar-refractivity contribution in [1.29, 1.82) is 0 Å². The fraction of sp³-hybridized carbons (Fsp3) is 0.562. The van der Waals surface area contributed by atoms with E-state index >= 15 is 0 Å². The summed E-state index contributed by atoms with van der Waals surface area (Å²) >= 11 is 0. The van der Waals surface area contributed by atoms with Crippen molar-refractivity contribution in [1.82, 2.24) is 5.32 Å². The van der Waals surface area contributed by atoms with Crippen LogP contribution in [0.5, 0.6) is 0 Å². The standard InChI is InChI=1S/C16H24FN3O/c1-11(12(2)18)16(21)19-14-6-4-8-20(10-14)15-7-3-5-13(17)9-15/h3,5,7,9,11-12,14H,4,6,8,10,18H2,1-2H3,(H,19,21). The normalized spacial score (nSPS) is 21.7. The van der Waals surface area contributed by atoms with Crippen molar-refractivity contribution in [3.63, 3.8) is 0 Å². The van der Waals surface area contributed by atoms with E-state index < -0.39 is 0 Å². The molecule has 1 aliphatic rings. The number of carbonyl (C=O) groups is 1. The molecule has 4 nitrogen and oxygen atoms in total. The number of carbonyl (C=O) groups excluding carboxylic acids is 1. The first-order chi connectivity index (χ1) is 9.97. The predicted molar refractivity (Wildman–Crippen MR) is 82.6 cm³/mol. The third-order valence-corrected chi connectivity index (χ3v) is 4.14. The number of halogens is 1. The van der Waals surface area contributed by atoms with Gasteiger partial charge >= 0.3 is 0 Å². The summed E-state index contributed by atoms with van der Waals surface area (Å²) in [6.45, 7) is 5.27. The molecule has 0 aliphatic carbocycles. The highest BCUT2D eigenvalue weighted by Crippen LogP contribution is 2.21. The first-order valence-electron chi connectivity index (χ1n) is 7.54. The van der Waals surface area contributed by atoms with E-state index in [0.29, 0.717) is 6.54 Å². The second-order valence-corrected chi connectivity index (χ2v) is 5.92. The van der Waals surface area contributed by atoms with E-state index in [0.717, 1.165) is 25.1 Å². The highest BCUT2D eigenvalue weighted by molar-refractivity contribution is 5.79. The number of nitrogens with one attached hydrogen (secondary N) is 1. The summed E-state index contributed by atoms with van der Waals surface area (Å²) in [5, 5.41) is 3.06. The van der Waals surface area contributed by atoms with Crippen LogP contribution in [-0.4, -0.2) is 31.1 Å².